The van der Waals surface area contributed by atoms with E-state index in [2.05, 4.69) is 49.0 Å². The number of aromatic nitrogens is 2. The minimum atomic E-state index is 0.830. The quantitative estimate of drug-likeness (QED) is 0.914. The summed E-state index contributed by atoms with van der Waals surface area (Å²) in [6, 6.07) is 2.17. The third-order valence-electron chi connectivity index (χ3n) is 3.09. The zero-order chi connectivity index (χ0) is 13.3. The fourth-order valence-corrected chi connectivity index (χ4v) is 3.12. The minimum Gasteiger partial charge on any atom is -0.373 e. The van der Waals surface area contributed by atoms with Gasteiger partial charge in [0, 0.05) is 33.6 Å². The molecule has 2 rings (SSSR count). The molecule has 0 bridgehead atoms. The Morgan fingerprint density at radius 2 is 1.94 bits per heavy atom. The second-order valence-electron chi connectivity index (χ2n) is 4.39. The molecule has 0 unspecified atom stereocenters. The molecule has 0 saturated carbocycles. The Morgan fingerprint density at radius 3 is 2.44 bits per heavy atom. The van der Waals surface area contributed by atoms with E-state index >= 15 is 0 Å². The highest BCUT2D eigenvalue weighted by molar-refractivity contribution is 7.12. The van der Waals surface area contributed by atoms with Crippen LogP contribution in [0.3, 0.4) is 0 Å². The molecule has 0 aliphatic heterocycles. The highest BCUT2D eigenvalue weighted by atomic mass is 32.1. The molecule has 0 fully saturated rings. The van der Waals surface area contributed by atoms with Gasteiger partial charge in [0.05, 0.1) is 0 Å². The number of anilines is 1. The topological polar surface area (TPSA) is 37.8 Å². The van der Waals surface area contributed by atoms with Crippen molar-refractivity contribution in [2.75, 3.05) is 12.4 Å². The summed E-state index contributed by atoms with van der Waals surface area (Å²) < 4.78 is 0. The van der Waals surface area contributed by atoms with Crippen LogP contribution in [0.25, 0.3) is 11.4 Å². The number of aryl methyl sites for hydroxylation is 3. The van der Waals surface area contributed by atoms with Gasteiger partial charge in [-0.25, -0.2) is 9.97 Å². The number of hydrogen-bond donors (Lipinski definition) is 1. The van der Waals surface area contributed by atoms with Crippen LogP contribution in [-0.2, 0) is 6.42 Å². The number of hydrogen-bond acceptors (Lipinski definition) is 4. The van der Waals surface area contributed by atoms with Crippen LogP contribution in [0.2, 0.25) is 0 Å². The molecule has 4 heteroatoms. The Balaban J connectivity index is 2.59. The largest absolute Gasteiger partial charge is 0.373 e. The predicted octanol–water partition coefficient (Wildman–Crippen LogP) is 3.73. The molecule has 1 N–H and O–H groups in total. The number of rotatable bonds is 3. The molecule has 2 aromatic rings. The lowest BCUT2D eigenvalue weighted by Crippen LogP contribution is -2.04. The summed E-state index contributed by atoms with van der Waals surface area (Å²) in [5.41, 5.74) is 3.42. The van der Waals surface area contributed by atoms with Crippen molar-refractivity contribution in [3.8, 4) is 11.4 Å². The van der Waals surface area contributed by atoms with Crippen LogP contribution in [0.5, 0.6) is 0 Å². The van der Waals surface area contributed by atoms with Gasteiger partial charge < -0.3 is 5.32 Å². The van der Waals surface area contributed by atoms with Crippen molar-refractivity contribution in [3.63, 3.8) is 0 Å². The molecule has 96 valence electrons. The van der Waals surface area contributed by atoms with Crippen LogP contribution in [0.4, 0.5) is 5.82 Å². The van der Waals surface area contributed by atoms with Gasteiger partial charge in [-0.05, 0) is 33.3 Å². The van der Waals surface area contributed by atoms with Gasteiger partial charge in [-0.1, -0.05) is 6.92 Å². The molecule has 2 aromatic heterocycles. The van der Waals surface area contributed by atoms with E-state index in [0.717, 1.165) is 29.3 Å². The van der Waals surface area contributed by atoms with E-state index in [0.29, 0.717) is 0 Å². The molecule has 0 spiro atoms. The first-order valence-electron chi connectivity index (χ1n) is 6.19. The van der Waals surface area contributed by atoms with Crippen molar-refractivity contribution in [1.82, 2.24) is 9.97 Å². The van der Waals surface area contributed by atoms with Crippen molar-refractivity contribution in [3.05, 3.63) is 27.1 Å². The van der Waals surface area contributed by atoms with Gasteiger partial charge in [0.1, 0.15) is 5.82 Å². The van der Waals surface area contributed by atoms with Gasteiger partial charge in [0.15, 0.2) is 5.82 Å². The lowest BCUT2D eigenvalue weighted by molar-refractivity contribution is 1.00. The molecule has 0 saturated heterocycles. The minimum absolute atomic E-state index is 0.830. The average molecular weight is 261 g/mol. The molecule has 0 atom stereocenters. The first-order chi connectivity index (χ1) is 8.56. The molecule has 0 amide bonds. The van der Waals surface area contributed by atoms with Gasteiger partial charge >= 0.3 is 0 Å². The molecule has 0 aromatic carbocycles. The zero-order valence-corrected chi connectivity index (χ0v) is 12.4. The van der Waals surface area contributed by atoms with Crippen LogP contribution in [0.1, 0.15) is 27.9 Å². The number of nitrogens with one attached hydrogen (secondary N) is 1. The molecule has 2 heterocycles. The molecule has 0 aliphatic carbocycles. The smallest absolute Gasteiger partial charge is 0.162 e. The van der Waals surface area contributed by atoms with Crippen molar-refractivity contribution in [2.45, 2.75) is 34.1 Å². The fourth-order valence-electron chi connectivity index (χ4n) is 2.20. The summed E-state index contributed by atoms with van der Waals surface area (Å²) in [6.07, 6.45) is 0.948. The third-order valence-corrected chi connectivity index (χ3v) is 4.05. The normalized spacial score (nSPS) is 10.7. The van der Waals surface area contributed by atoms with Crippen LogP contribution in [-0.4, -0.2) is 17.0 Å². The maximum atomic E-state index is 4.65. The van der Waals surface area contributed by atoms with Gasteiger partial charge in [0.25, 0.3) is 0 Å². The molecular weight excluding hydrogens is 242 g/mol. The van der Waals surface area contributed by atoms with Crippen molar-refractivity contribution >= 4 is 17.2 Å². The first kappa shape index (κ1) is 13.0. The Labute approximate surface area is 112 Å². The van der Waals surface area contributed by atoms with Crippen LogP contribution >= 0.6 is 11.3 Å². The van der Waals surface area contributed by atoms with Gasteiger partial charge in [-0.15, -0.1) is 11.3 Å². The van der Waals surface area contributed by atoms with Crippen molar-refractivity contribution in [1.29, 1.82) is 0 Å². The Kier molecular flexibility index (Phi) is 3.66. The van der Waals surface area contributed by atoms with Gasteiger partial charge in [0.2, 0.25) is 0 Å². The standard InChI is InChI=1S/C14H19N3S/c1-6-11-9(3)16-14(17-13(11)15-5)12-7-8(2)18-10(12)4/h7H,6H2,1-5H3,(H,15,16,17). The third kappa shape index (κ3) is 2.25. The van der Waals surface area contributed by atoms with Crippen LogP contribution < -0.4 is 5.32 Å². The number of thiophene rings is 1. The average Bonchev–Trinajstić information content (AvgIpc) is 2.67. The molecule has 0 aliphatic rings. The monoisotopic (exact) mass is 261 g/mol. The van der Waals surface area contributed by atoms with E-state index in [-0.39, 0.29) is 0 Å². The van der Waals surface area contributed by atoms with E-state index in [4.69, 9.17) is 0 Å². The molecule has 18 heavy (non-hydrogen) atoms. The molecule has 3 nitrogen and oxygen atoms in total. The summed E-state index contributed by atoms with van der Waals surface area (Å²) in [7, 11) is 1.91. The summed E-state index contributed by atoms with van der Waals surface area (Å²) in [6.45, 7) is 8.43. The highest BCUT2D eigenvalue weighted by Gasteiger charge is 2.13. The van der Waals surface area contributed by atoms with Gasteiger partial charge in [-0.3, -0.25) is 0 Å². The summed E-state index contributed by atoms with van der Waals surface area (Å²) in [4.78, 5) is 11.9. The Morgan fingerprint density at radius 1 is 1.22 bits per heavy atom. The number of nitrogens with zero attached hydrogens (tertiary/aromatic N) is 2. The van der Waals surface area contributed by atoms with Gasteiger partial charge in [-0.2, -0.15) is 0 Å². The Hall–Kier alpha value is -1.42. The summed E-state index contributed by atoms with van der Waals surface area (Å²) in [5.74, 6) is 1.78. The lowest BCUT2D eigenvalue weighted by atomic mass is 10.1. The summed E-state index contributed by atoms with van der Waals surface area (Å²) in [5, 5.41) is 3.18. The fraction of sp³-hybridized carbons (Fsp3) is 0.429. The highest BCUT2D eigenvalue weighted by Crippen LogP contribution is 2.30. The maximum Gasteiger partial charge on any atom is 0.162 e. The first-order valence-corrected chi connectivity index (χ1v) is 7.01. The Bertz CT molecular complexity index is 573. The van der Waals surface area contributed by atoms with Crippen LogP contribution in [0, 0.1) is 20.8 Å². The maximum absolute atomic E-state index is 4.65. The van der Waals surface area contributed by atoms with E-state index < -0.39 is 0 Å². The summed E-state index contributed by atoms with van der Waals surface area (Å²) >= 11 is 1.79. The zero-order valence-electron chi connectivity index (χ0n) is 11.6. The van der Waals surface area contributed by atoms with Crippen molar-refractivity contribution < 1.29 is 0 Å². The van der Waals surface area contributed by atoms with E-state index in [9.17, 15) is 0 Å². The van der Waals surface area contributed by atoms with Crippen molar-refractivity contribution in [2.24, 2.45) is 0 Å². The van der Waals surface area contributed by atoms with E-state index in [1.165, 1.54) is 15.3 Å². The predicted molar refractivity (Wildman–Crippen MR) is 78.5 cm³/mol. The molecule has 0 radical (unpaired) electrons. The molecular formula is C14H19N3S. The lowest BCUT2D eigenvalue weighted by Gasteiger charge is -2.11. The second kappa shape index (κ2) is 5.06. The second-order valence-corrected chi connectivity index (χ2v) is 5.85. The van der Waals surface area contributed by atoms with E-state index in [1.807, 2.05) is 7.05 Å². The van der Waals surface area contributed by atoms with E-state index in [1.54, 1.807) is 11.3 Å². The SMILES string of the molecule is CCc1c(C)nc(-c2cc(C)sc2C)nc1NC. The van der Waals surface area contributed by atoms with Crippen LogP contribution in [0.15, 0.2) is 6.07 Å².